The zero-order valence-corrected chi connectivity index (χ0v) is 14.2. The van der Waals surface area contributed by atoms with Crippen LogP contribution < -0.4 is 5.73 Å². The van der Waals surface area contributed by atoms with Gasteiger partial charge in [-0.2, -0.15) is 0 Å². The van der Waals surface area contributed by atoms with Gasteiger partial charge >= 0.3 is 0 Å². The highest BCUT2D eigenvalue weighted by molar-refractivity contribution is 5.93. The molecule has 0 bridgehead atoms. The molecule has 0 radical (unpaired) electrons. The number of likely N-dealkylation sites (tertiary alicyclic amines) is 1. The number of hydrogen-bond acceptors (Lipinski definition) is 3. The Labute approximate surface area is 129 Å². The van der Waals surface area contributed by atoms with Gasteiger partial charge in [-0.1, -0.05) is 13.5 Å². The SMILES string of the molecule is C=CC(C)=NC(N=C(CC)N1CCC(C)(N)CC1)=C(C)C. The van der Waals surface area contributed by atoms with Crippen LogP contribution in [0.3, 0.4) is 0 Å². The Bertz CT molecular complexity index is 455. The molecule has 0 aliphatic carbocycles. The van der Waals surface area contributed by atoms with E-state index in [-0.39, 0.29) is 5.54 Å². The molecular weight excluding hydrogens is 260 g/mol. The minimum absolute atomic E-state index is 0.0354. The molecule has 1 saturated heterocycles. The Hall–Kier alpha value is -1.42. The lowest BCUT2D eigenvalue weighted by atomic mass is 9.91. The van der Waals surface area contributed by atoms with Crippen molar-refractivity contribution in [2.24, 2.45) is 15.7 Å². The second-order valence-electron chi connectivity index (χ2n) is 6.30. The largest absolute Gasteiger partial charge is 0.360 e. The fourth-order valence-corrected chi connectivity index (χ4v) is 2.23. The minimum Gasteiger partial charge on any atom is -0.360 e. The van der Waals surface area contributed by atoms with E-state index in [0.717, 1.165) is 55.3 Å². The van der Waals surface area contributed by atoms with E-state index >= 15 is 0 Å². The van der Waals surface area contributed by atoms with Crippen LogP contribution in [0.1, 0.15) is 53.9 Å². The molecule has 0 atom stereocenters. The quantitative estimate of drug-likeness (QED) is 0.636. The van der Waals surface area contributed by atoms with Crippen LogP contribution in [0.25, 0.3) is 0 Å². The zero-order chi connectivity index (χ0) is 16.0. The summed E-state index contributed by atoms with van der Waals surface area (Å²) < 4.78 is 0. The number of aliphatic imine (C=N–C) groups is 2. The number of hydrogen-bond donors (Lipinski definition) is 1. The summed E-state index contributed by atoms with van der Waals surface area (Å²) in [5, 5.41) is 0. The molecule has 1 aliphatic rings. The lowest BCUT2D eigenvalue weighted by molar-refractivity contribution is 0.242. The van der Waals surface area contributed by atoms with E-state index in [0.29, 0.717) is 0 Å². The molecule has 1 rings (SSSR count). The van der Waals surface area contributed by atoms with E-state index in [1.54, 1.807) is 6.08 Å². The third-order valence-electron chi connectivity index (χ3n) is 3.85. The van der Waals surface area contributed by atoms with Crippen molar-refractivity contribution in [1.82, 2.24) is 4.90 Å². The lowest BCUT2D eigenvalue weighted by Gasteiger charge is -2.38. The predicted molar refractivity (Wildman–Crippen MR) is 92.8 cm³/mol. The highest BCUT2D eigenvalue weighted by atomic mass is 15.2. The second kappa shape index (κ2) is 7.55. The number of nitrogens with zero attached hydrogens (tertiary/aromatic N) is 3. The minimum atomic E-state index is -0.0354. The summed E-state index contributed by atoms with van der Waals surface area (Å²) in [4.78, 5) is 11.7. The predicted octanol–water partition coefficient (Wildman–Crippen LogP) is 3.51. The Morgan fingerprint density at radius 3 is 2.24 bits per heavy atom. The van der Waals surface area contributed by atoms with Gasteiger partial charge in [0.15, 0.2) is 5.82 Å². The lowest BCUT2D eigenvalue weighted by Crippen LogP contribution is -2.49. The highest BCUT2D eigenvalue weighted by Crippen LogP contribution is 2.20. The summed E-state index contributed by atoms with van der Waals surface area (Å²) in [5.74, 6) is 1.90. The fraction of sp³-hybridized carbons (Fsp3) is 0.647. The van der Waals surface area contributed by atoms with Gasteiger partial charge in [0.1, 0.15) is 5.84 Å². The van der Waals surface area contributed by atoms with Gasteiger partial charge in [-0.25, -0.2) is 9.98 Å². The normalized spacial score (nSPS) is 19.4. The summed E-state index contributed by atoms with van der Waals surface area (Å²) in [6.07, 6.45) is 4.67. The van der Waals surface area contributed by atoms with Crippen molar-refractivity contribution in [3.63, 3.8) is 0 Å². The molecule has 0 aromatic rings. The number of amidine groups is 1. The average molecular weight is 290 g/mol. The van der Waals surface area contributed by atoms with Crippen molar-refractivity contribution < 1.29 is 0 Å². The molecular formula is C17H30N4. The fourth-order valence-electron chi connectivity index (χ4n) is 2.23. The molecule has 0 spiro atoms. The van der Waals surface area contributed by atoms with Crippen LogP contribution in [0.2, 0.25) is 0 Å². The molecule has 0 unspecified atom stereocenters. The molecule has 1 heterocycles. The van der Waals surface area contributed by atoms with Gasteiger partial charge in [0.25, 0.3) is 0 Å². The molecule has 2 N–H and O–H groups in total. The van der Waals surface area contributed by atoms with Crippen LogP contribution in [-0.2, 0) is 0 Å². The first-order valence-corrected chi connectivity index (χ1v) is 7.75. The maximum absolute atomic E-state index is 6.21. The molecule has 0 aromatic carbocycles. The van der Waals surface area contributed by atoms with Crippen LogP contribution in [0.4, 0.5) is 0 Å². The van der Waals surface area contributed by atoms with Gasteiger partial charge in [0.05, 0.1) is 0 Å². The number of allylic oxidation sites excluding steroid dienone is 2. The maximum atomic E-state index is 6.21. The van der Waals surface area contributed by atoms with Crippen LogP contribution >= 0.6 is 0 Å². The van der Waals surface area contributed by atoms with Gasteiger partial charge in [-0.15, -0.1) is 0 Å². The molecule has 1 fully saturated rings. The Balaban J connectivity index is 2.97. The van der Waals surface area contributed by atoms with E-state index in [1.165, 1.54) is 0 Å². The third kappa shape index (κ3) is 5.46. The molecule has 21 heavy (non-hydrogen) atoms. The van der Waals surface area contributed by atoms with Crippen molar-refractivity contribution in [2.75, 3.05) is 13.1 Å². The van der Waals surface area contributed by atoms with Gasteiger partial charge in [-0.05, 0) is 52.2 Å². The summed E-state index contributed by atoms with van der Waals surface area (Å²) >= 11 is 0. The molecule has 4 heteroatoms. The van der Waals surface area contributed by atoms with E-state index in [9.17, 15) is 0 Å². The molecule has 1 aliphatic heterocycles. The topological polar surface area (TPSA) is 54.0 Å². The highest BCUT2D eigenvalue weighted by Gasteiger charge is 2.27. The molecule has 0 saturated carbocycles. The van der Waals surface area contributed by atoms with Gasteiger partial charge in [0, 0.05) is 30.8 Å². The van der Waals surface area contributed by atoms with E-state index in [1.807, 2.05) is 20.8 Å². The monoisotopic (exact) mass is 290 g/mol. The van der Waals surface area contributed by atoms with Crippen LogP contribution in [0.5, 0.6) is 0 Å². The van der Waals surface area contributed by atoms with Crippen LogP contribution in [0.15, 0.2) is 34.0 Å². The van der Waals surface area contributed by atoms with Crippen molar-refractivity contribution in [3.05, 3.63) is 24.0 Å². The zero-order valence-electron chi connectivity index (χ0n) is 14.2. The van der Waals surface area contributed by atoms with Crippen LogP contribution in [0, 0.1) is 0 Å². The smallest absolute Gasteiger partial charge is 0.152 e. The third-order valence-corrected chi connectivity index (χ3v) is 3.85. The van der Waals surface area contributed by atoms with Crippen LogP contribution in [-0.4, -0.2) is 35.1 Å². The summed E-state index contributed by atoms with van der Waals surface area (Å²) in [7, 11) is 0. The van der Waals surface area contributed by atoms with Gasteiger partial charge in [-0.3, -0.25) is 0 Å². The van der Waals surface area contributed by atoms with Crippen molar-refractivity contribution in [1.29, 1.82) is 0 Å². The summed E-state index contributed by atoms with van der Waals surface area (Å²) in [6, 6.07) is 0. The van der Waals surface area contributed by atoms with E-state index in [2.05, 4.69) is 30.3 Å². The summed E-state index contributed by atoms with van der Waals surface area (Å²) in [5.41, 5.74) is 8.17. The standard InChI is InChI=1S/C17H30N4/c1-7-14(5)19-16(13(3)4)20-15(8-2)21-11-9-17(6,18)10-12-21/h7H,1,8-12,18H2,2-6H3. The van der Waals surface area contributed by atoms with Crippen molar-refractivity contribution in [2.45, 2.75) is 59.4 Å². The first kappa shape index (κ1) is 17.6. The Morgan fingerprint density at radius 1 is 1.24 bits per heavy atom. The average Bonchev–Trinajstić information content (AvgIpc) is 2.43. The number of nitrogens with two attached hydrogens (primary N) is 1. The van der Waals surface area contributed by atoms with Gasteiger partial charge in [0.2, 0.25) is 0 Å². The molecule has 0 amide bonds. The molecule has 4 nitrogen and oxygen atoms in total. The molecule has 118 valence electrons. The first-order valence-electron chi connectivity index (χ1n) is 7.75. The van der Waals surface area contributed by atoms with E-state index < -0.39 is 0 Å². The Kier molecular flexibility index (Phi) is 6.34. The van der Waals surface area contributed by atoms with E-state index in [4.69, 9.17) is 10.7 Å². The number of rotatable bonds is 4. The van der Waals surface area contributed by atoms with Crippen molar-refractivity contribution >= 4 is 11.5 Å². The number of piperidine rings is 1. The first-order chi connectivity index (χ1) is 9.79. The summed E-state index contributed by atoms with van der Waals surface area (Å²) in [6.45, 7) is 16.0. The second-order valence-corrected chi connectivity index (χ2v) is 6.30. The Morgan fingerprint density at radius 2 is 1.81 bits per heavy atom. The molecule has 0 aromatic heterocycles. The van der Waals surface area contributed by atoms with Crippen molar-refractivity contribution in [3.8, 4) is 0 Å². The van der Waals surface area contributed by atoms with Gasteiger partial charge < -0.3 is 10.6 Å². The maximum Gasteiger partial charge on any atom is 0.152 e.